The fraction of sp³-hybridized carbons (Fsp3) is 0.0769. The van der Waals surface area contributed by atoms with Crippen molar-refractivity contribution in [1.82, 2.24) is 0 Å². The van der Waals surface area contributed by atoms with Crippen LogP contribution in [-0.4, -0.2) is 7.05 Å². The van der Waals surface area contributed by atoms with Gasteiger partial charge in [-0.3, -0.25) is 0 Å². The van der Waals surface area contributed by atoms with Gasteiger partial charge in [0.25, 0.3) is 0 Å². The minimum Gasteiger partial charge on any atom is -0.388 e. The number of nitrogens with one attached hydrogen (secondary N) is 1. The molecule has 0 atom stereocenters. The Morgan fingerprint density at radius 3 is 1.88 bits per heavy atom. The molecule has 0 amide bonds. The highest BCUT2D eigenvalue weighted by Crippen LogP contribution is 2.29. The molecule has 0 spiro atoms. The van der Waals surface area contributed by atoms with Gasteiger partial charge in [0.1, 0.15) is 0 Å². The summed E-state index contributed by atoms with van der Waals surface area (Å²) in [5.74, 6) is 0. The molecule has 2 rings (SSSR count). The summed E-state index contributed by atoms with van der Waals surface area (Å²) in [6.07, 6.45) is 0. The molecule has 0 aliphatic rings. The van der Waals surface area contributed by atoms with Gasteiger partial charge in [-0.1, -0.05) is 27.7 Å². The Bertz CT molecular complexity index is 450. The number of benzene rings is 2. The normalized spacial score (nSPS) is 10.1. The Morgan fingerprint density at radius 1 is 0.875 bits per heavy atom. The SMILES string of the molecule is CNc1ccc(Sc2ccc(Br)cc2)cc1. The lowest BCUT2D eigenvalue weighted by atomic mass is 10.3. The van der Waals surface area contributed by atoms with Crippen LogP contribution in [0.5, 0.6) is 0 Å². The van der Waals surface area contributed by atoms with Crippen LogP contribution < -0.4 is 5.32 Å². The summed E-state index contributed by atoms with van der Waals surface area (Å²) in [4.78, 5) is 2.50. The minimum atomic E-state index is 1.11. The van der Waals surface area contributed by atoms with Crippen LogP contribution in [0.25, 0.3) is 0 Å². The molecule has 16 heavy (non-hydrogen) atoms. The van der Waals surface area contributed by atoms with Crippen molar-refractivity contribution in [2.75, 3.05) is 12.4 Å². The van der Waals surface area contributed by atoms with Crippen LogP contribution in [-0.2, 0) is 0 Å². The van der Waals surface area contributed by atoms with Gasteiger partial charge in [-0.05, 0) is 48.5 Å². The van der Waals surface area contributed by atoms with E-state index in [-0.39, 0.29) is 0 Å². The van der Waals surface area contributed by atoms with Crippen molar-refractivity contribution >= 4 is 33.4 Å². The van der Waals surface area contributed by atoms with Gasteiger partial charge in [-0.25, -0.2) is 0 Å². The Balaban J connectivity index is 2.11. The lowest BCUT2D eigenvalue weighted by Gasteiger charge is -2.03. The van der Waals surface area contributed by atoms with E-state index in [9.17, 15) is 0 Å². The summed E-state index contributed by atoms with van der Waals surface area (Å²) >= 11 is 5.20. The molecular weight excluding hydrogens is 282 g/mol. The van der Waals surface area contributed by atoms with Crippen molar-refractivity contribution in [3.63, 3.8) is 0 Å². The molecule has 0 aromatic heterocycles. The van der Waals surface area contributed by atoms with Gasteiger partial charge < -0.3 is 5.32 Å². The van der Waals surface area contributed by atoms with E-state index in [0.29, 0.717) is 0 Å². The van der Waals surface area contributed by atoms with Crippen LogP contribution in [0, 0.1) is 0 Å². The van der Waals surface area contributed by atoms with Crippen LogP contribution >= 0.6 is 27.7 Å². The van der Waals surface area contributed by atoms with Gasteiger partial charge in [0, 0.05) is 27.0 Å². The zero-order chi connectivity index (χ0) is 11.4. The summed E-state index contributed by atoms with van der Waals surface area (Å²) < 4.78 is 1.11. The van der Waals surface area contributed by atoms with E-state index in [1.807, 2.05) is 7.05 Å². The maximum atomic E-state index is 3.43. The van der Waals surface area contributed by atoms with Crippen molar-refractivity contribution in [1.29, 1.82) is 0 Å². The molecule has 0 unspecified atom stereocenters. The van der Waals surface area contributed by atoms with Crippen molar-refractivity contribution in [2.24, 2.45) is 0 Å². The average molecular weight is 294 g/mol. The fourth-order valence-electron chi connectivity index (χ4n) is 1.33. The van der Waals surface area contributed by atoms with Gasteiger partial charge >= 0.3 is 0 Å². The number of hydrogen-bond acceptors (Lipinski definition) is 2. The fourth-order valence-corrected chi connectivity index (χ4v) is 2.41. The zero-order valence-electron chi connectivity index (χ0n) is 8.91. The maximum Gasteiger partial charge on any atom is 0.0338 e. The number of halogens is 1. The van der Waals surface area contributed by atoms with Crippen LogP contribution in [0.15, 0.2) is 62.8 Å². The lowest BCUT2D eigenvalue weighted by molar-refractivity contribution is 1.38. The molecule has 0 aliphatic heterocycles. The van der Waals surface area contributed by atoms with Crippen LogP contribution in [0.1, 0.15) is 0 Å². The molecule has 2 aromatic rings. The molecular formula is C13H12BrNS. The molecule has 1 N–H and O–H groups in total. The van der Waals surface area contributed by atoms with Crippen molar-refractivity contribution in [2.45, 2.75) is 9.79 Å². The molecule has 0 radical (unpaired) electrons. The highest BCUT2D eigenvalue weighted by Gasteiger charge is 1.97. The van der Waals surface area contributed by atoms with Crippen LogP contribution in [0.3, 0.4) is 0 Å². The van der Waals surface area contributed by atoms with E-state index >= 15 is 0 Å². The Kier molecular flexibility index (Phi) is 3.91. The van der Waals surface area contributed by atoms with Crippen LogP contribution in [0.4, 0.5) is 5.69 Å². The average Bonchev–Trinajstić information content (AvgIpc) is 2.33. The summed E-state index contributed by atoms with van der Waals surface area (Å²) in [5.41, 5.74) is 1.14. The van der Waals surface area contributed by atoms with Crippen molar-refractivity contribution in [3.8, 4) is 0 Å². The monoisotopic (exact) mass is 293 g/mol. The molecule has 0 heterocycles. The van der Waals surface area contributed by atoms with E-state index in [0.717, 1.165) is 10.2 Å². The van der Waals surface area contributed by atoms with E-state index < -0.39 is 0 Å². The topological polar surface area (TPSA) is 12.0 Å². The first-order valence-corrected chi connectivity index (χ1v) is 6.60. The number of anilines is 1. The first-order chi connectivity index (χ1) is 7.78. The third-order valence-corrected chi connectivity index (χ3v) is 3.74. The maximum absolute atomic E-state index is 3.43. The highest BCUT2D eigenvalue weighted by molar-refractivity contribution is 9.10. The third-order valence-electron chi connectivity index (χ3n) is 2.19. The van der Waals surface area contributed by atoms with E-state index in [2.05, 4.69) is 69.8 Å². The molecule has 0 fully saturated rings. The van der Waals surface area contributed by atoms with Gasteiger partial charge in [0.05, 0.1) is 0 Å². The molecule has 0 saturated carbocycles. The third kappa shape index (κ3) is 3.03. The van der Waals surface area contributed by atoms with Crippen LogP contribution in [0.2, 0.25) is 0 Å². The standard InChI is InChI=1S/C13H12BrNS/c1-15-11-4-8-13(9-5-11)16-12-6-2-10(14)3-7-12/h2-9,15H,1H3. The predicted molar refractivity (Wildman–Crippen MR) is 74.3 cm³/mol. The van der Waals surface area contributed by atoms with E-state index in [1.165, 1.54) is 9.79 Å². The molecule has 0 aliphatic carbocycles. The predicted octanol–water partition coefficient (Wildman–Crippen LogP) is 4.64. The second kappa shape index (κ2) is 5.41. The summed E-state index contributed by atoms with van der Waals surface area (Å²) in [7, 11) is 1.93. The smallest absolute Gasteiger partial charge is 0.0338 e. The second-order valence-corrected chi connectivity index (χ2v) is 5.39. The molecule has 1 nitrogen and oxygen atoms in total. The first kappa shape index (κ1) is 11.6. The number of hydrogen-bond donors (Lipinski definition) is 1. The molecule has 82 valence electrons. The summed E-state index contributed by atoms with van der Waals surface area (Å²) in [6, 6.07) is 16.8. The Hall–Kier alpha value is -0.930. The molecule has 3 heteroatoms. The highest BCUT2D eigenvalue weighted by atomic mass is 79.9. The summed E-state index contributed by atoms with van der Waals surface area (Å²) in [5, 5.41) is 3.11. The van der Waals surface area contributed by atoms with Gasteiger partial charge in [-0.15, -0.1) is 0 Å². The first-order valence-electron chi connectivity index (χ1n) is 4.99. The van der Waals surface area contributed by atoms with E-state index in [4.69, 9.17) is 0 Å². The van der Waals surface area contributed by atoms with Gasteiger partial charge in [0.2, 0.25) is 0 Å². The molecule has 0 saturated heterocycles. The number of rotatable bonds is 3. The largest absolute Gasteiger partial charge is 0.388 e. The second-order valence-electron chi connectivity index (χ2n) is 3.33. The quantitative estimate of drug-likeness (QED) is 0.885. The molecule has 2 aromatic carbocycles. The minimum absolute atomic E-state index is 1.11. The lowest BCUT2D eigenvalue weighted by Crippen LogP contribution is -1.86. The Morgan fingerprint density at radius 2 is 1.38 bits per heavy atom. The van der Waals surface area contributed by atoms with E-state index in [1.54, 1.807) is 11.8 Å². The zero-order valence-corrected chi connectivity index (χ0v) is 11.3. The van der Waals surface area contributed by atoms with Crippen molar-refractivity contribution < 1.29 is 0 Å². The van der Waals surface area contributed by atoms with Gasteiger partial charge in [0.15, 0.2) is 0 Å². The van der Waals surface area contributed by atoms with Gasteiger partial charge in [-0.2, -0.15) is 0 Å². The molecule has 0 bridgehead atoms. The van der Waals surface area contributed by atoms with Crippen molar-refractivity contribution in [3.05, 3.63) is 53.0 Å². The summed E-state index contributed by atoms with van der Waals surface area (Å²) in [6.45, 7) is 0. The Labute approximate surface area is 108 Å².